The Morgan fingerprint density at radius 1 is 0.917 bits per heavy atom. The van der Waals surface area contributed by atoms with Crippen LogP contribution in [0.25, 0.3) is 0 Å². The molecule has 0 bridgehead atoms. The first-order valence-electron chi connectivity index (χ1n) is 5.03. The Kier molecular flexibility index (Phi) is 4.25. The van der Waals surface area contributed by atoms with Crippen LogP contribution in [0.2, 0.25) is 0 Å². The minimum atomic E-state index is 0.0265. The Balaban J connectivity index is 4.04. The third-order valence-electron chi connectivity index (χ3n) is 2.26. The van der Waals surface area contributed by atoms with Gasteiger partial charge in [-0.05, 0) is 40.5 Å². The Morgan fingerprint density at radius 3 is 1.75 bits per heavy atom. The second kappa shape index (κ2) is 4.27. The molecule has 0 unspecified atom stereocenters. The molecule has 0 rings (SSSR count). The summed E-state index contributed by atoms with van der Waals surface area (Å²) >= 11 is 0. The van der Waals surface area contributed by atoms with Gasteiger partial charge in [0.1, 0.15) is 0 Å². The van der Waals surface area contributed by atoms with E-state index in [1.54, 1.807) is 0 Å². The smallest absolute Gasteiger partial charge is 0.0633 e. The van der Waals surface area contributed by atoms with Crippen molar-refractivity contribution in [3.05, 3.63) is 0 Å². The summed E-state index contributed by atoms with van der Waals surface area (Å²) < 4.78 is 6.01. The minimum absolute atomic E-state index is 0.0265. The Hall–Kier alpha value is -0.0400. The van der Waals surface area contributed by atoms with Gasteiger partial charge in [0.25, 0.3) is 0 Å². The van der Waals surface area contributed by atoms with Crippen LogP contribution in [0, 0.1) is 0 Å². The highest BCUT2D eigenvalue weighted by Crippen LogP contribution is 2.26. The molecule has 0 aliphatic heterocycles. The standard InChI is InChI=1S/C11H24O/c1-7-9-11(5,6)12-10(3,4)8-2/h7-9H2,1-6H3. The lowest BCUT2D eigenvalue weighted by molar-refractivity contribution is -0.127. The number of ether oxygens (including phenoxy) is 1. The van der Waals surface area contributed by atoms with Crippen molar-refractivity contribution in [2.24, 2.45) is 0 Å². The first kappa shape index (κ1) is 12.0. The summed E-state index contributed by atoms with van der Waals surface area (Å²) in [5.41, 5.74) is 0.0624. The van der Waals surface area contributed by atoms with Gasteiger partial charge < -0.3 is 4.74 Å². The van der Waals surface area contributed by atoms with E-state index in [1.165, 1.54) is 6.42 Å². The zero-order valence-corrected chi connectivity index (χ0v) is 9.53. The van der Waals surface area contributed by atoms with Gasteiger partial charge in [0, 0.05) is 0 Å². The highest BCUT2D eigenvalue weighted by molar-refractivity contribution is 4.75. The molecule has 0 aliphatic rings. The second-order valence-corrected chi connectivity index (χ2v) is 4.73. The number of rotatable bonds is 5. The van der Waals surface area contributed by atoms with E-state index in [9.17, 15) is 0 Å². The van der Waals surface area contributed by atoms with Gasteiger partial charge in [-0.2, -0.15) is 0 Å². The molecule has 0 atom stereocenters. The van der Waals surface area contributed by atoms with Gasteiger partial charge in [0.05, 0.1) is 11.2 Å². The molecule has 0 aromatic heterocycles. The molecule has 0 saturated carbocycles. The molecule has 0 aromatic rings. The molecule has 0 aliphatic carbocycles. The van der Waals surface area contributed by atoms with E-state index >= 15 is 0 Å². The third-order valence-corrected chi connectivity index (χ3v) is 2.26. The topological polar surface area (TPSA) is 9.23 Å². The van der Waals surface area contributed by atoms with Crippen molar-refractivity contribution < 1.29 is 4.74 Å². The van der Waals surface area contributed by atoms with E-state index in [0.717, 1.165) is 12.8 Å². The molecular formula is C11H24O. The summed E-state index contributed by atoms with van der Waals surface area (Å²) in [6.07, 6.45) is 3.39. The summed E-state index contributed by atoms with van der Waals surface area (Å²) in [6.45, 7) is 13.0. The van der Waals surface area contributed by atoms with Gasteiger partial charge in [-0.1, -0.05) is 20.3 Å². The van der Waals surface area contributed by atoms with Crippen LogP contribution >= 0.6 is 0 Å². The van der Waals surface area contributed by atoms with Crippen LogP contribution in [-0.2, 0) is 4.74 Å². The quantitative estimate of drug-likeness (QED) is 0.613. The van der Waals surface area contributed by atoms with Crippen LogP contribution in [0.15, 0.2) is 0 Å². The normalized spacial score (nSPS) is 13.5. The molecule has 74 valence electrons. The fraction of sp³-hybridized carbons (Fsp3) is 1.00. The lowest BCUT2D eigenvalue weighted by atomic mass is 9.99. The predicted molar refractivity (Wildman–Crippen MR) is 54.4 cm³/mol. The molecule has 0 saturated heterocycles. The molecule has 0 heterocycles. The maximum atomic E-state index is 6.01. The molecule has 0 spiro atoms. The van der Waals surface area contributed by atoms with E-state index in [4.69, 9.17) is 4.74 Å². The summed E-state index contributed by atoms with van der Waals surface area (Å²) in [5, 5.41) is 0. The van der Waals surface area contributed by atoms with Gasteiger partial charge in [0.2, 0.25) is 0 Å². The first-order valence-corrected chi connectivity index (χ1v) is 5.03. The van der Waals surface area contributed by atoms with Crippen molar-refractivity contribution in [1.29, 1.82) is 0 Å². The van der Waals surface area contributed by atoms with Crippen LogP contribution in [0.4, 0.5) is 0 Å². The lowest BCUT2D eigenvalue weighted by Gasteiger charge is -2.35. The average molecular weight is 172 g/mol. The Bertz CT molecular complexity index is 125. The van der Waals surface area contributed by atoms with Crippen LogP contribution in [0.3, 0.4) is 0 Å². The largest absolute Gasteiger partial charge is 0.370 e. The molecule has 0 amide bonds. The summed E-state index contributed by atoms with van der Waals surface area (Å²) in [7, 11) is 0. The van der Waals surface area contributed by atoms with E-state index in [0.29, 0.717) is 0 Å². The minimum Gasteiger partial charge on any atom is -0.370 e. The highest BCUT2D eigenvalue weighted by Gasteiger charge is 2.26. The monoisotopic (exact) mass is 172 g/mol. The lowest BCUT2D eigenvalue weighted by Crippen LogP contribution is -2.36. The van der Waals surface area contributed by atoms with Crippen molar-refractivity contribution in [3.63, 3.8) is 0 Å². The summed E-state index contributed by atoms with van der Waals surface area (Å²) in [6, 6.07) is 0. The zero-order chi connectivity index (χ0) is 9.83. The van der Waals surface area contributed by atoms with Gasteiger partial charge in [-0.25, -0.2) is 0 Å². The van der Waals surface area contributed by atoms with Gasteiger partial charge >= 0.3 is 0 Å². The van der Waals surface area contributed by atoms with E-state index in [2.05, 4.69) is 41.5 Å². The Labute approximate surface area is 77.5 Å². The molecule has 12 heavy (non-hydrogen) atoms. The molecule has 0 aromatic carbocycles. The second-order valence-electron chi connectivity index (χ2n) is 4.73. The third kappa shape index (κ3) is 4.76. The fourth-order valence-corrected chi connectivity index (χ4v) is 1.47. The van der Waals surface area contributed by atoms with Crippen LogP contribution in [0.1, 0.15) is 60.8 Å². The Morgan fingerprint density at radius 2 is 1.42 bits per heavy atom. The zero-order valence-electron chi connectivity index (χ0n) is 9.53. The number of hydrogen-bond acceptors (Lipinski definition) is 1. The number of hydrogen-bond donors (Lipinski definition) is 0. The predicted octanol–water partition coefficient (Wildman–Crippen LogP) is 3.77. The van der Waals surface area contributed by atoms with E-state index in [1.807, 2.05) is 0 Å². The van der Waals surface area contributed by atoms with Gasteiger partial charge in [0.15, 0.2) is 0 Å². The molecule has 0 fully saturated rings. The van der Waals surface area contributed by atoms with Crippen molar-refractivity contribution in [1.82, 2.24) is 0 Å². The molecular weight excluding hydrogens is 148 g/mol. The van der Waals surface area contributed by atoms with E-state index in [-0.39, 0.29) is 11.2 Å². The summed E-state index contributed by atoms with van der Waals surface area (Å²) in [5.74, 6) is 0. The molecule has 0 radical (unpaired) electrons. The van der Waals surface area contributed by atoms with Gasteiger partial charge in [-0.3, -0.25) is 0 Å². The maximum Gasteiger partial charge on any atom is 0.0633 e. The summed E-state index contributed by atoms with van der Waals surface area (Å²) in [4.78, 5) is 0. The first-order chi connectivity index (χ1) is 5.33. The molecule has 1 heteroatoms. The SMILES string of the molecule is CCCC(C)(C)OC(C)(C)CC. The van der Waals surface area contributed by atoms with Crippen LogP contribution in [-0.4, -0.2) is 11.2 Å². The van der Waals surface area contributed by atoms with Crippen LogP contribution in [0.5, 0.6) is 0 Å². The van der Waals surface area contributed by atoms with Crippen molar-refractivity contribution in [2.75, 3.05) is 0 Å². The molecule has 0 N–H and O–H groups in total. The van der Waals surface area contributed by atoms with E-state index < -0.39 is 0 Å². The average Bonchev–Trinajstić information content (AvgIpc) is 1.85. The molecule has 1 nitrogen and oxygen atoms in total. The maximum absolute atomic E-state index is 6.01. The van der Waals surface area contributed by atoms with Crippen molar-refractivity contribution >= 4 is 0 Å². The van der Waals surface area contributed by atoms with Crippen LogP contribution < -0.4 is 0 Å². The van der Waals surface area contributed by atoms with Gasteiger partial charge in [-0.15, -0.1) is 0 Å². The van der Waals surface area contributed by atoms with Crippen molar-refractivity contribution in [3.8, 4) is 0 Å². The highest BCUT2D eigenvalue weighted by atomic mass is 16.5. The fourth-order valence-electron chi connectivity index (χ4n) is 1.47. The van der Waals surface area contributed by atoms with Crippen molar-refractivity contribution in [2.45, 2.75) is 72.0 Å².